The van der Waals surface area contributed by atoms with Gasteiger partial charge in [-0.25, -0.2) is 0 Å². The molecular weight excluding hydrogens is 509 g/mol. The molecule has 0 fully saturated rings. The predicted octanol–water partition coefficient (Wildman–Crippen LogP) is 4.68. The molecule has 0 heterocycles. The van der Waals surface area contributed by atoms with Crippen molar-refractivity contribution in [2.24, 2.45) is 5.11 Å². The van der Waals surface area contributed by atoms with Gasteiger partial charge in [0.2, 0.25) is 0 Å². The summed E-state index contributed by atoms with van der Waals surface area (Å²) in [6, 6.07) is 20.1. The molecule has 24 heavy (non-hydrogen) atoms. The molecule has 2 aromatic carbocycles. The van der Waals surface area contributed by atoms with E-state index in [2.05, 4.69) is 20.0 Å². The van der Waals surface area contributed by atoms with E-state index in [0.717, 1.165) is 28.5 Å². The van der Waals surface area contributed by atoms with Crippen LogP contribution in [-0.4, -0.2) is 18.3 Å². The van der Waals surface area contributed by atoms with Crippen LogP contribution in [0.4, 0.5) is 11.4 Å². The topological polar surface area (TPSA) is 51.9 Å². The van der Waals surface area contributed by atoms with Gasteiger partial charge < -0.3 is 0 Å². The Morgan fingerprint density at radius 2 is 1.67 bits per heavy atom. The maximum absolute atomic E-state index is 7.40. The summed E-state index contributed by atoms with van der Waals surface area (Å²) in [7, 11) is 0. The Bertz CT molecular complexity index is 642. The van der Waals surface area contributed by atoms with Gasteiger partial charge in [-0.2, -0.15) is 0 Å². The second-order valence-electron chi connectivity index (χ2n) is 5.05. The van der Waals surface area contributed by atoms with Crippen molar-refractivity contribution in [3.05, 3.63) is 60.7 Å². The molecule has 0 amide bonds. The summed E-state index contributed by atoms with van der Waals surface area (Å²) in [6.07, 6.45) is 0. The van der Waals surface area contributed by atoms with Crippen LogP contribution in [0, 0.1) is 5.53 Å². The molecule has 0 radical (unpaired) electrons. The molecule has 0 saturated carbocycles. The summed E-state index contributed by atoms with van der Waals surface area (Å²) in [5, 5.41) is 5.67. The average Bonchev–Trinajstić information content (AvgIpc) is 2.65. The van der Waals surface area contributed by atoms with Crippen LogP contribution in [0.2, 0.25) is 3.93 Å². The molecule has 2 aromatic rings. The monoisotopic (exact) mass is 530 g/mol. The molecule has 2 rings (SSSR count). The Kier molecular flexibility index (Phi) is 8.28. The zero-order valence-electron chi connectivity index (χ0n) is 13.8. The minimum atomic E-state index is -1.59. The van der Waals surface area contributed by atoms with Crippen LogP contribution in [0.3, 0.4) is 0 Å². The fourth-order valence-corrected chi connectivity index (χ4v) is 9.19. The van der Waals surface area contributed by atoms with Gasteiger partial charge in [0.1, 0.15) is 0 Å². The van der Waals surface area contributed by atoms with Gasteiger partial charge in [-0.05, 0) is 0 Å². The zero-order chi connectivity index (χ0) is 17.2. The van der Waals surface area contributed by atoms with Gasteiger partial charge in [0.15, 0.2) is 0 Å². The molecule has 0 saturated heterocycles. The quantitative estimate of drug-likeness (QED) is 0.178. The van der Waals surface area contributed by atoms with Crippen LogP contribution >= 0.6 is 12.2 Å². The van der Waals surface area contributed by atoms with Crippen LogP contribution in [0.5, 0.6) is 0 Å². The fraction of sp³-hybridized carbons (Fsp3) is 0.235. The molecule has 0 aliphatic heterocycles. The first-order valence-corrected chi connectivity index (χ1v) is 14.7. The number of thiocarbonyl (C=S) groups is 1. The van der Waals surface area contributed by atoms with E-state index < -0.39 is 24.9 Å². The van der Waals surface area contributed by atoms with Crippen molar-refractivity contribution in [2.45, 2.75) is 10.9 Å². The molecule has 0 aromatic heterocycles. The Morgan fingerprint density at radius 3 is 2.21 bits per heavy atom. The molecule has 0 spiro atoms. The summed E-state index contributed by atoms with van der Waals surface area (Å²) in [5.41, 5.74) is 9.42. The van der Waals surface area contributed by atoms with Crippen LogP contribution < -0.4 is 7.78 Å². The Hall–Kier alpha value is -1.37. The number of nitrogens with zero attached hydrogens (tertiary/aromatic N) is 3. The van der Waals surface area contributed by atoms with Crippen molar-refractivity contribution in [3.8, 4) is 0 Å². The maximum atomic E-state index is 7.40. The Morgan fingerprint density at radius 1 is 1.08 bits per heavy atom. The predicted molar refractivity (Wildman–Crippen MR) is 96.9 cm³/mol. The van der Waals surface area contributed by atoms with Gasteiger partial charge in [-0.3, -0.25) is 0 Å². The first-order valence-electron chi connectivity index (χ1n) is 7.94. The number of hydrazine groups is 1. The number of anilines is 2. The molecule has 0 atom stereocenters. The van der Waals surface area contributed by atoms with E-state index in [4.69, 9.17) is 22.5 Å². The average molecular weight is 529 g/mol. The number of para-hydroxylation sites is 2. The summed E-state index contributed by atoms with van der Waals surface area (Å²) in [5.74, 6) is 0. The first-order chi connectivity index (χ1) is 11.8. The van der Waals surface area contributed by atoms with E-state index >= 15 is 0 Å². The number of hydrogen-bond donors (Lipinski definition) is 1. The summed E-state index contributed by atoms with van der Waals surface area (Å²) in [6.45, 7) is 3.52. The Labute approximate surface area is 160 Å². The van der Waals surface area contributed by atoms with E-state index in [0.29, 0.717) is 0 Å². The third kappa shape index (κ3) is 5.32. The zero-order valence-corrected chi connectivity index (χ0v) is 20.1. The van der Waals surface area contributed by atoms with Gasteiger partial charge in [0, 0.05) is 0 Å². The molecule has 0 unspecified atom stereocenters. The van der Waals surface area contributed by atoms with Gasteiger partial charge in [0.05, 0.1) is 0 Å². The number of ether oxygens (including phenoxy) is 1. The van der Waals surface area contributed by atoms with Crippen molar-refractivity contribution in [3.63, 3.8) is 0 Å². The van der Waals surface area contributed by atoms with E-state index in [1.807, 2.05) is 60.5 Å². The molecule has 0 aliphatic rings. The SMILES string of the molecule is CCOC[CH2][Hg][N](c1ccccc1)N(C(=S)N=N)c1ccccc1. The number of nitrogens with one attached hydrogen (secondary N) is 1. The molecule has 7 heteroatoms. The molecule has 1 N–H and O–H groups in total. The molecule has 122 valence electrons. The van der Waals surface area contributed by atoms with E-state index in [1.54, 1.807) is 0 Å². The fourth-order valence-electron chi connectivity index (χ4n) is 2.38. The number of benzene rings is 2. The van der Waals surface area contributed by atoms with Crippen LogP contribution in [0.1, 0.15) is 6.92 Å². The summed E-state index contributed by atoms with van der Waals surface area (Å²) >= 11 is 3.78. The summed E-state index contributed by atoms with van der Waals surface area (Å²) in [4.78, 5) is 0. The van der Waals surface area contributed by atoms with Crippen molar-refractivity contribution in [1.82, 2.24) is 0 Å². The first kappa shape index (κ1) is 19.0. The van der Waals surface area contributed by atoms with Crippen molar-refractivity contribution < 1.29 is 29.6 Å². The minimum absolute atomic E-state index is 0.251. The standard InChI is InChI=1S/C13H11N4S.C4H9O.Hg/c14-15-13(18)17(12-9-5-2-6-10-12)16-11-7-3-1-4-8-11;1-3-5-4-2;/h1-10,14H;1,3-4H2,2H3;/q-1;;+1. The van der Waals surface area contributed by atoms with E-state index in [-0.39, 0.29) is 5.11 Å². The van der Waals surface area contributed by atoms with Gasteiger partial charge in [-0.1, -0.05) is 0 Å². The molecule has 5 nitrogen and oxygen atoms in total. The van der Waals surface area contributed by atoms with Crippen LogP contribution in [-0.2, 0) is 29.6 Å². The Balaban J connectivity index is 2.33. The third-order valence-electron chi connectivity index (χ3n) is 3.44. The van der Waals surface area contributed by atoms with E-state index in [9.17, 15) is 0 Å². The number of rotatable bonds is 8. The normalized spacial score (nSPS) is 9.88. The van der Waals surface area contributed by atoms with Crippen LogP contribution in [0.15, 0.2) is 65.8 Å². The number of hydrogen-bond acceptors (Lipinski definition) is 4. The third-order valence-corrected chi connectivity index (χ3v) is 10.2. The second kappa shape index (κ2) is 10.5. The second-order valence-corrected chi connectivity index (χ2v) is 12.2. The van der Waals surface area contributed by atoms with E-state index in [1.165, 1.54) is 0 Å². The molecule has 0 bridgehead atoms. The molecular formula is C17H20HgN4OS. The van der Waals surface area contributed by atoms with Crippen LogP contribution in [0.25, 0.3) is 0 Å². The van der Waals surface area contributed by atoms with Crippen molar-refractivity contribution in [1.29, 1.82) is 5.53 Å². The summed E-state index contributed by atoms with van der Waals surface area (Å²) < 4.78 is 8.83. The van der Waals surface area contributed by atoms with Crippen molar-refractivity contribution in [2.75, 3.05) is 21.0 Å². The van der Waals surface area contributed by atoms with Crippen molar-refractivity contribution >= 4 is 28.7 Å². The van der Waals surface area contributed by atoms with Gasteiger partial charge in [0.25, 0.3) is 0 Å². The van der Waals surface area contributed by atoms with Gasteiger partial charge >= 0.3 is 161 Å². The van der Waals surface area contributed by atoms with Gasteiger partial charge in [-0.15, -0.1) is 0 Å². The molecule has 0 aliphatic carbocycles.